The van der Waals surface area contributed by atoms with Gasteiger partial charge >= 0.3 is 0 Å². The van der Waals surface area contributed by atoms with Crippen molar-refractivity contribution in [1.29, 1.82) is 5.26 Å². The Morgan fingerprint density at radius 1 is 1.30 bits per heavy atom. The number of nitrogens with two attached hydrogens (primary N) is 1. The molecule has 1 amide bonds. The highest BCUT2D eigenvalue weighted by Gasteiger charge is 2.11. The Morgan fingerprint density at radius 2 is 2.05 bits per heavy atom. The normalized spacial score (nSPS) is 9.80. The Labute approximate surface area is 121 Å². The summed E-state index contributed by atoms with van der Waals surface area (Å²) in [5.41, 5.74) is 7.76. The molecular weight excluding hydrogens is 274 g/mol. The highest BCUT2D eigenvalue weighted by atomic mass is 35.5. The van der Waals surface area contributed by atoms with Crippen molar-refractivity contribution in [3.8, 4) is 6.07 Å². The third kappa shape index (κ3) is 3.08. The molecule has 2 aromatic carbocycles. The van der Waals surface area contributed by atoms with Crippen molar-refractivity contribution >= 4 is 23.2 Å². The SMILES string of the molecule is N#Cc1cccc(CNC(=O)c2cccc(N)c2Cl)c1. The van der Waals surface area contributed by atoms with Gasteiger partial charge in [0.15, 0.2) is 0 Å². The van der Waals surface area contributed by atoms with Crippen molar-refractivity contribution in [3.05, 3.63) is 64.2 Å². The number of hydrogen-bond acceptors (Lipinski definition) is 3. The molecule has 0 fully saturated rings. The van der Waals surface area contributed by atoms with Gasteiger partial charge in [-0.3, -0.25) is 4.79 Å². The fourth-order valence-corrected chi connectivity index (χ4v) is 1.97. The first-order valence-corrected chi connectivity index (χ1v) is 6.31. The van der Waals surface area contributed by atoms with Crippen LogP contribution in [0.5, 0.6) is 0 Å². The van der Waals surface area contributed by atoms with Crippen LogP contribution in [0.25, 0.3) is 0 Å². The zero-order chi connectivity index (χ0) is 14.5. The summed E-state index contributed by atoms with van der Waals surface area (Å²) in [6, 6.07) is 14.0. The smallest absolute Gasteiger partial charge is 0.253 e. The summed E-state index contributed by atoms with van der Waals surface area (Å²) in [7, 11) is 0. The van der Waals surface area contributed by atoms with Gasteiger partial charge in [0.05, 0.1) is 27.9 Å². The molecule has 20 heavy (non-hydrogen) atoms. The van der Waals surface area contributed by atoms with Crippen LogP contribution in [0.1, 0.15) is 21.5 Å². The summed E-state index contributed by atoms with van der Waals surface area (Å²) in [6.07, 6.45) is 0. The number of carbonyl (C=O) groups is 1. The molecule has 2 rings (SSSR count). The van der Waals surface area contributed by atoms with Gasteiger partial charge in [0.25, 0.3) is 5.91 Å². The maximum absolute atomic E-state index is 12.0. The van der Waals surface area contributed by atoms with Crippen LogP contribution in [0.15, 0.2) is 42.5 Å². The standard InChI is InChI=1S/C15H12ClN3O/c16-14-12(5-2-6-13(14)18)15(20)19-9-11-4-1-3-10(7-11)8-17/h1-7H,9,18H2,(H,19,20). The van der Waals surface area contributed by atoms with Crippen LogP contribution in [0.3, 0.4) is 0 Å². The van der Waals surface area contributed by atoms with Crippen molar-refractivity contribution in [3.63, 3.8) is 0 Å². The molecule has 4 nitrogen and oxygen atoms in total. The third-order valence-corrected chi connectivity index (χ3v) is 3.20. The monoisotopic (exact) mass is 285 g/mol. The lowest BCUT2D eigenvalue weighted by Crippen LogP contribution is -2.23. The van der Waals surface area contributed by atoms with E-state index in [0.717, 1.165) is 5.56 Å². The Balaban J connectivity index is 2.09. The number of nitrogens with zero attached hydrogens (tertiary/aromatic N) is 1. The van der Waals surface area contributed by atoms with Crippen molar-refractivity contribution in [1.82, 2.24) is 5.32 Å². The molecular formula is C15H12ClN3O. The first kappa shape index (κ1) is 13.9. The molecule has 2 aromatic rings. The van der Waals surface area contributed by atoms with E-state index in [0.29, 0.717) is 23.4 Å². The first-order chi connectivity index (χ1) is 9.61. The van der Waals surface area contributed by atoms with Crippen molar-refractivity contribution in [2.24, 2.45) is 0 Å². The van der Waals surface area contributed by atoms with Crippen LogP contribution in [-0.2, 0) is 6.54 Å². The second-order valence-electron chi connectivity index (χ2n) is 4.20. The van der Waals surface area contributed by atoms with Gasteiger partial charge in [-0.05, 0) is 29.8 Å². The predicted octanol–water partition coefficient (Wildman–Crippen LogP) is 2.72. The van der Waals surface area contributed by atoms with E-state index in [9.17, 15) is 4.79 Å². The molecule has 0 bridgehead atoms. The van der Waals surface area contributed by atoms with Crippen molar-refractivity contribution < 1.29 is 4.79 Å². The Kier molecular flexibility index (Phi) is 4.24. The number of rotatable bonds is 3. The highest BCUT2D eigenvalue weighted by molar-refractivity contribution is 6.36. The molecule has 3 N–H and O–H groups in total. The van der Waals surface area contributed by atoms with Gasteiger partial charge in [-0.1, -0.05) is 29.8 Å². The van der Waals surface area contributed by atoms with Crippen LogP contribution >= 0.6 is 11.6 Å². The largest absolute Gasteiger partial charge is 0.398 e. The molecule has 0 spiro atoms. The number of anilines is 1. The Bertz CT molecular complexity index is 692. The van der Waals surface area contributed by atoms with Crippen LogP contribution < -0.4 is 11.1 Å². The average molecular weight is 286 g/mol. The second-order valence-corrected chi connectivity index (χ2v) is 4.58. The van der Waals surface area contributed by atoms with Gasteiger partial charge < -0.3 is 11.1 Å². The quantitative estimate of drug-likeness (QED) is 0.851. The lowest BCUT2D eigenvalue weighted by Gasteiger charge is -2.08. The second kappa shape index (κ2) is 6.09. The molecule has 0 saturated heterocycles. The molecule has 5 heteroatoms. The number of benzene rings is 2. The van der Waals surface area contributed by atoms with Crippen LogP contribution in [-0.4, -0.2) is 5.91 Å². The summed E-state index contributed by atoms with van der Waals surface area (Å²) >= 11 is 5.99. The fraction of sp³-hybridized carbons (Fsp3) is 0.0667. The highest BCUT2D eigenvalue weighted by Crippen LogP contribution is 2.22. The van der Waals surface area contributed by atoms with E-state index in [4.69, 9.17) is 22.6 Å². The maximum Gasteiger partial charge on any atom is 0.253 e. The van der Waals surface area contributed by atoms with Crippen LogP contribution in [0.4, 0.5) is 5.69 Å². The zero-order valence-corrected chi connectivity index (χ0v) is 11.3. The molecule has 0 unspecified atom stereocenters. The van der Waals surface area contributed by atoms with E-state index >= 15 is 0 Å². The number of amides is 1. The summed E-state index contributed by atoms with van der Waals surface area (Å²) in [5, 5.41) is 11.8. The van der Waals surface area contributed by atoms with Gasteiger partial charge in [0.2, 0.25) is 0 Å². The fourth-order valence-electron chi connectivity index (χ4n) is 1.75. The molecule has 100 valence electrons. The molecule has 0 aliphatic carbocycles. The molecule has 0 aliphatic heterocycles. The third-order valence-electron chi connectivity index (χ3n) is 2.78. The molecule has 0 heterocycles. The van der Waals surface area contributed by atoms with E-state index in [1.807, 2.05) is 6.07 Å². The van der Waals surface area contributed by atoms with Gasteiger partial charge in [-0.25, -0.2) is 0 Å². The van der Waals surface area contributed by atoms with Gasteiger partial charge in [-0.2, -0.15) is 5.26 Å². The van der Waals surface area contributed by atoms with Crippen molar-refractivity contribution in [2.45, 2.75) is 6.54 Å². The molecule has 0 atom stereocenters. The number of nitriles is 1. The summed E-state index contributed by atoms with van der Waals surface area (Å²) in [4.78, 5) is 12.0. The molecule has 0 aromatic heterocycles. The summed E-state index contributed by atoms with van der Waals surface area (Å²) < 4.78 is 0. The molecule has 0 saturated carbocycles. The zero-order valence-electron chi connectivity index (χ0n) is 10.6. The number of nitrogen functional groups attached to an aromatic ring is 1. The lowest BCUT2D eigenvalue weighted by molar-refractivity contribution is 0.0951. The minimum atomic E-state index is -0.301. The van der Waals surface area contributed by atoms with E-state index < -0.39 is 0 Å². The summed E-state index contributed by atoms with van der Waals surface area (Å²) in [6.45, 7) is 0.319. The number of nitrogens with one attached hydrogen (secondary N) is 1. The van der Waals surface area contributed by atoms with Crippen molar-refractivity contribution in [2.75, 3.05) is 5.73 Å². The first-order valence-electron chi connectivity index (χ1n) is 5.93. The van der Waals surface area contributed by atoms with E-state index in [1.165, 1.54) is 0 Å². The maximum atomic E-state index is 12.0. The number of hydrogen-bond donors (Lipinski definition) is 2. The number of carbonyl (C=O) groups excluding carboxylic acids is 1. The molecule has 0 radical (unpaired) electrons. The van der Waals surface area contributed by atoms with Crippen LogP contribution in [0.2, 0.25) is 5.02 Å². The Morgan fingerprint density at radius 3 is 2.80 bits per heavy atom. The Hall–Kier alpha value is -2.51. The van der Waals surface area contributed by atoms with Crippen LogP contribution in [0, 0.1) is 11.3 Å². The van der Waals surface area contributed by atoms with E-state index in [-0.39, 0.29) is 10.9 Å². The molecule has 0 aliphatic rings. The van der Waals surface area contributed by atoms with E-state index in [2.05, 4.69) is 11.4 Å². The van der Waals surface area contributed by atoms with E-state index in [1.54, 1.807) is 36.4 Å². The lowest BCUT2D eigenvalue weighted by atomic mass is 10.1. The number of halogens is 1. The average Bonchev–Trinajstić information content (AvgIpc) is 2.48. The predicted molar refractivity (Wildman–Crippen MR) is 78.2 cm³/mol. The minimum Gasteiger partial charge on any atom is -0.398 e. The minimum absolute atomic E-state index is 0.246. The van der Waals surface area contributed by atoms with Gasteiger partial charge in [0, 0.05) is 6.54 Å². The summed E-state index contributed by atoms with van der Waals surface area (Å²) in [5.74, 6) is -0.301. The topological polar surface area (TPSA) is 78.9 Å². The van der Waals surface area contributed by atoms with Gasteiger partial charge in [-0.15, -0.1) is 0 Å². The van der Waals surface area contributed by atoms with Gasteiger partial charge in [0.1, 0.15) is 0 Å².